The molecule has 164 valence electrons. The Morgan fingerprint density at radius 3 is 2.27 bits per heavy atom. The van der Waals surface area contributed by atoms with Gasteiger partial charge in [0.05, 0.1) is 5.41 Å². The number of hydrogen-bond acceptors (Lipinski definition) is 5. The summed E-state index contributed by atoms with van der Waals surface area (Å²) < 4.78 is 10.7. The number of hydrogen-bond donors (Lipinski definition) is 2. The number of nitrogens with one attached hydrogen (secondary N) is 1. The largest absolute Gasteiger partial charge is 0.481 e. The Bertz CT molecular complexity index is 775. The van der Waals surface area contributed by atoms with Gasteiger partial charge in [0, 0.05) is 18.6 Å². The van der Waals surface area contributed by atoms with E-state index >= 15 is 0 Å². The third-order valence-electron chi connectivity index (χ3n) is 5.71. The summed E-state index contributed by atoms with van der Waals surface area (Å²) in [5.41, 5.74) is -0.887. The Kier molecular flexibility index (Phi) is 6.24. The van der Waals surface area contributed by atoms with Gasteiger partial charge in [-0.25, -0.2) is 9.59 Å². The van der Waals surface area contributed by atoms with E-state index in [1.807, 2.05) is 51.1 Å². The molecule has 0 radical (unpaired) electrons. The highest BCUT2D eigenvalue weighted by Crippen LogP contribution is 2.46. The summed E-state index contributed by atoms with van der Waals surface area (Å²) >= 11 is 0. The van der Waals surface area contributed by atoms with Crippen molar-refractivity contribution in [2.75, 3.05) is 6.54 Å². The van der Waals surface area contributed by atoms with Gasteiger partial charge in [0.25, 0.3) is 0 Å². The lowest BCUT2D eigenvalue weighted by Crippen LogP contribution is -2.57. The van der Waals surface area contributed by atoms with E-state index in [0.29, 0.717) is 0 Å². The van der Waals surface area contributed by atoms with Crippen LogP contribution in [0.3, 0.4) is 0 Å². The lowest BCUT2D eigenvalue weighted by atomic mass is 9.74. The summed E-state index contributed by atoms with van der Waals surface area (Å²) in [6.45, 7) is 5.51. The SMILES string of the molecule is CC(C)(C)OC(=O)N1C2CCC1CC(CNC(=O)OCc1ccccc1)(C(=O)O)C2. The zero-order valence-corrected chi connectivity index (χ0v) is 17.7. The Morgan fingerprint density at radius 2 is 1.73 bits per heavy atom. The first-order valence-corrected chi connectivity index (χ1v) is 10.3. The minimum absolute atomic E-state index is 0.0366. The minimum Gasteiger partial charge on any atom is -0.481 e. The van der Waals surface area contributed by atoms with Crippen molar-refractivity contribution in [3.63, 3.8) is 0 Å². The molecule has 2 unspecified atom stereocenters. The molecule has 2 aliphatic rings. The Balaban J connectivity index is 1.60. The van der Waals surface area contributed by atoms with E-state index in [4.69, 9.17) is 9.47 Å². The van der Waals surface area contributed by atoms with Crippen LogP contribution in [0.5, 0.6) is 0 Å². The van der Waals surface area contributed by atoms with Gasteiger partial charge >= 0.3 is 18.2 Å². The van der Waals surface area contributed by atoms with E-state index < -0.39 is 29.2 Å². The zero-order chi connectivity index (χ0) is 21.9. The number of ether oxygens (including phenoxy) is 2. The number of rotatable bonds is 5. The molecule has 2 amide bonds. The molecule has 2 bridgehead atoms. The number of aliphatic carboxylic acids is 1. The number of carboxylic acid groups (broad SMARTS) is 1. The number of nitrogens with zero attached hydrogens (tertiary/aromatic N) is 1. The van der Waals surface area contributed by atoms with Crippen LogP contribution in [0.25, 0.3) is 0 Å². The Labute approximate surface area is 176 Å². The van der Waals surface area contributed by atoms with Gasteiger partial charge < -0.3 is 24.8 Å². The van der Waals surface area contributed by atoms with Crippen molar-refractivity contribution in [3.05, 3.63) is 35.9 Å². The van der Waals surface area contributed by atoms with Crippen molar-refractivity contribution >= 4 is 18.2 Å². The van der Waals surface area contributed by atoms with Crippen molar-refractivity contribution in [2.45, 2.75) is 70.7 Å². The average Bonchev–Trinajstić information content (AvgIpc) is 2.95. The fourth-order valence-electron chi connectivity index (χ4n) is 4.37. The number of carbonyl (C=O) groups is 3. The molecule has 30 heavy (non-hydrogen) atoms. The molecule has 0 aliphatic carbocycles. The van der Waals surface area contributed by atoms with Crippen LogP contribution in [0.1, 0.15) is 52.0 Å². The van der Waals surface area contributed by atoms with Gasteiger partial charge in [-0.15, -0.1) is 0 Å². The van der Waals surface area contributed by atoms with E-state index in [1.165, 1.54) is 0 Å². The predicted molar refractivity (Wildman–Crippen MR) is 109 cm³/mol. The summed E-state index contributed by atoms with van der Waals surface area (Å²) in [4.78, 5) is 38.6. The van der Waals surface area contributed by atoms with Crippen LogP contribution in [0.2, 0.25) is 0 Å². The standard InChI is InChI=1S/C22H30N2O6/c1-21(2,3)30-20(28)24-16-9-10-17(24)12-22(11-16,18(25)26)14-23-19(27)29-13-15-7-5-4-6-8-15/h4-8,16-17H,9-14H2,1-3H3,(H,23,27)(H,25,26). The summed E-state index contributed by atoms with van der Waals surface area (Å²) in [5.74, 6) is -0.966. The molecule has 2 saturated heterocycles. The van der Waals surface area contributed by atoms with Crippen LogP contribution >= 0.6 is 0 Å². The molecule has 8 nitrogen and oxygen atoms in total. The molecule has 1 aromatic carbocycles. The highest BCUT2D eigenvalue weighted by Gasteiger charge is 2.54. The van der Waals surface area contributed by atoms with Crippen LogP contribution in [-0.4, -0.2) is 52.4 Å². The quantitative estimate of drug-likeness (QED) is 0.758. The van der Waals surface area contributed by atoms with Crippen LogP contribution in [0, 0.1) is 5.41 Å². The van der Waals surface area contributed by atoms with Crippen LogP contribution in [-0.2, 0) is 20.9 Å². The topological polar surface area (TPSA) is 105 Å². The van der Waals surface area contributed by atoms with Crippen molar-refractivity contribution in [1.82, 2.24) is 10.2 Å². The molecular formula is C22H30N2O6. The van der Waals surface area contributed by atoms with Crippen molar-refractivity contribution in [1.29, 1.82) is 0 Å². The molecular weight excluding hydrogens is 388 g/mol. The third-order valence-corrected chi connectivity index (χ3v) is 5.71. The van der Waals surface area contributed by atoms with E-state index in [2.05, 4.69) is 5.32 Å². The highest BCUT2D eigenvalue weighted by atomic mass is 16.6. The molecule has 3 rings (SSSR count). The second-order valence-corrected chi connectivity index (χ2v) is 9.18. The molecule has 2 N–H and O–H groups in total. The lowest BCUT2D eigenvalue weighted by Gasteiger charge is -2.44. The van der Waals surface area contributed by atoms with Gasteiger partial charge in [-0.3, -0.25) is 4.79 Å². The van der Waals surface area contributed by atoms with Gasteiger partial charge in [-0.1, -0.05) is 30.3 Å². The number of piperidine rings is 1. The Morgan fingerprint density at radius 1 is 1.13 bits per heavy atom. The van der Waals surface area contributed by atoms with Crippen LogP contribution < -0.4 is 5.32 Å². The molecule has 2 aliphatic heterocycles. The van der Waals surface area contributed by atoms with E-state index in [0.717, 1.165) is 18.4 Å². The number of carboxylic acids is 1. The Hall–Kier alpha value is -2.77. The normalized spacial score (nSPS) is 25.5. The van der Waals surface area contributed by atoms with E-state index in [9.17, 15) is 19.5 Å². The van der Waals surface area contributed by atoms with E-state index in [-0.39, 0.29) is 38.1 Å². The number of alkyl carbamates (subject to hydrolysis) is 1. The molecule has 2 atom stereocenters. The summed E-state index contributed by atoms with van der Waals surface area (Å²) in [5, 5.41) is 12.6. The molecule has 2 fully saturated rings. The summed E-state index contributed by atoms with van der Waals surface area (Å²) in [7, 11) is 0. The van der Waals surface area contributed by atoms with Gasteiger partial charge in [-0.2, -0.15) is 0 Å². The number of carbonyl (C=O) groups excluding carboxylic acids is 2. The monoisotopic (exact) mass is 418 g/mol. The molecule has 1 aromatic rings. The predicted octanol–water partition coefficient (Wildman–Crippen LogP) is 3.55. The van der Waals surface area contributed by atoms with Crippen LogP contribution in [0.15, 0.2) is 30.3 Å². The van der Waals surface area contributed by atoms with Gasteiger partial charge in [0.1, 0.15) is 12.2 Å². The molecule has 0 aromatic heterocycles. The van der Waals surface area contributed by atoms with Gasteiger partial charge in [0.15, 0.2) is 0 Å². The second kappa shape index (κ2) is 8.53. The fraction of sp³-hybridized carbons (Fsp3) is 0.591. The third kappa shape index (κ3) is 5.04. The molecule has 2 heterocycles. The maximum absolute atomic E-state index is 12.6. The first-order valence-electron chi connectivity index (χ1n) is 10.3. The zero-order valence-electron chi connectivity index (χ0n) is 17.7. The smallest absolute Gasteiger partial charge is 0.410 e. The maximum Gasteiger partial charge on any atom is 0.410 e. The van der Waals surface area contributed by atoms with Crippen molar-refractivity contribution in [3.8, 4) is 0 Å². The van der Waals surface area contributed by atoms with Crippen molar-refractivity contribution in [2.24, 2.45) is 5.41 Å². The minimum atomic E-state index is -1.13. The maximum atomic E-state index is 12.6. The van der Waals surface area contributed by atoms with Crippen molar-refractivity contribution < 1.29 is 29.0 Å². The molecule has 0 saturated carbocycles. The number of benzene rings is 1. The van der Waals surface area contributed by atoms with Gasteiger partial charge in [0.2, 0.25) is 0 Å². The first-order chi connectivity index (χ1) is 14.1. The molecule has 0 spiro atoms. The summed E-state index contributed by atoms with van der Waals surface area (Å²) in [6.07, 6.45) is 0.966. The van der Waals surface area contributed by atoms with Crippen LogP contribution in [0.4, 0.5) is 9.59 Å². The van der Waals surface area contributed by atoms with E-state index in [1.54, 1.807) is 4.90 Å². The highest BCUT2D eigenvalue weighted by molar-refractivity contribution is 5.78. The average molecular weight is 418 g/mol. The first kappa shape index (κ1) is 21.9. The number of fused-ring (bicyclic) bond motifs is 2. The fourth-order valence-corrected chi connectivity index (χ4v) is 4.37. The second-order valence-electron chi connectivity index (χ2n) is 9.18. The summed E-state index contributed by atoms with van der Waals surface area (Å²) in [6, 6.07) is 8.84. The lowest BCUT2D eigenvalue weighted by molar-refractivity contribution is -0.153. The number of amides is 2. The molecule has 8 heteroatoms. The van der Waals surface area contributed by atoms with Gasteiger partial charge in [-0.05, 0) is 52.0 Å².